The van der Waals surface area contributed by atoms with Crippen LogP contribution in [0.2, 0.25) is 0 Å². The predicted octanol–water partition coefficient (Wildman–Crippen LogP) is 2.05. The van der Waals surface area contributed by atoms with Crippen molar-refractivity contribution in [3.8, 4) is 0 Å². The number of nitrogens with two attached hydrogens (primary N) is 1. The van der Waals surface area contributed by atoms with Gasteiger partial charge in [0.05, 0.1) is 0 Å². The van der Waals surface area contributed by atoms with E-state index in [2.05, 4.69) is 31.0 Å². The van der Waals surface area contributed by atoms with Crippen LogP contribution in [0.4, 0.5) is 0 Å². The van der Waals surface area contributed by atoms with Crippen LogP contribution in [0.15, 0.2) is 0 Å². The van der Waals surface area contributed by atoms with Gasteiger partial charge in [0.2, 0.25) is 5.91 Å². The molecule has 2 atom stereocenters. The Hall–Kier alpha value is -0.0300. The molecule has 0 radical (unpaired) electrons. The summed E-state index contributed by atoms with van der Waals surface area (Å²) in [6.07, 6.45) is 2.58. The van der Waals surface area contributed by atoms with Gasteiger partial charge in [0, 0.05) is 31.1 Å². The smallest absolute Gasteiger partial charge is 0.224 e. The third-order valence-corrected chi connectivity index (χ3v) is 4.01. The Morgan fingerprint density at radius 1 is 1.45 bits per heavy atom. The van der Waals surface area contributed by atoms with Gasteiger partial charge in [-0.2, -0.15) is 0 Å². The summed E-state index contributed by atoms with van der Waals surface area (Å²) in [5.41, 5.74) is 5.53. The van der Waals surface area contributed by atoms with Crippen LogP contribution in [-0.4, -0.2) is 42.5 Å². The minimum Gasteiger partial charge on any atom is -0.354 e. The molecule has 0 bridgehead atoms. The van der Waals surface area contributed by atoms with Crippen LogP contribution in [-0.2, 0) is 4.79 Å². The number of hydrogen-bond acceptors (Lipinski definition) is 3. The second-order valence-corrected chi connectivity index (χ2v) is 6.36. The number of rotatable bonds is 5. The number of amides is 1. The number of carbonyl (C=O) groups is 1. The van der Waals surface area contributed by atoms with Gasteiger partial charge in [-0.25, -0.2) is 0 Å². The molecule has 20 heavy (non-hydrogen) atoms. The molecule has 1 rings (SSSR count). The van der Waals surface area contributed by atoms with Crippen molar-refractivity contribution < 1.29 is 4.79 Å². The Kier molecular flexibility index (Phi) is 10.9. The molecule has 2 unspecified atom stereocenters. The normalized spacial score (nSPS) is 21.4. The van der Waals surface area contributed by atoms with E-state index in [1.165, 1.54) is 12.8 Å². The zero-order valence-electron chi connectivity index (χ0n) is 13.1. The fourth-order valence-electron chi connectivity index (χ4n) is 2.44. The number of piperidine rings is 1. The average molecular weight is 328 g/mol. The molecular weight excluding hydrogens is 297 g/mol. The molecule has 6 heteroatoms. The molecule has 1 aliphatic rings. The lowest BCUT2D eigenvalue weighted by Crippen LogP contribution is -2.55. The van der Waals surface area contributed by atoms with Crippen molar-refractivity contribution in [1.29, 1.82) is 0 Å². The highest BCUT2D eigenvalue weighted by Gasteiger charge is 2.30. The molecule has 1 heterocycles. The molecule has 122 valence electrons. The summed E-state index contributed by atoms with van der Waals surface area (Å²) < 4.78 is 0. The lowest BCUT2D eigenvalue weighted by atomic mass is 9.93. The third kappa shape index (κ3) is 6.61. The minimum absolute atomic E-state index is 0. The van der Waals surface area contributed by atoms with E-state index in [4.69, 9.17) is 5.73 Å². The van der Waals surface area contributed by atoms with Crippen LogP contribution >= 0.6 is 24.8 Å². The summed E-state index contributed by atoms with van der Waals surface area (Å²) in [7, 11) is 0. The van der Waals surface area contributed by atoms with Gasteiger partial charge in [-0.3, -0.25) is 9.69 Å². The first-order valence-electron chi connectivity index (χ1n) is 7.09. The van der Waals surface area contributed by atoms with Crippen LogP contribution in [0.25, 0.3) is 0 Å². The Bertz CT molecular complexity index is 288. The fourth-order valence-corrected chi connectivity index (χ4v) is 2.44. The summed E-state index contributed by atoms with van der Waals surface area (Å²) in [6, 6.07) is 0. The summed E-state index contributed by atoms with van der Waals surface area (Å²) >= 11 is 0. The van der Waals surface area contributed by atoms with Crippen molar-refractivity contribution in [1.82, 2.24) is 10.2 Å². The topological polar surface area (TPSA) is 58.4 Å². The standard InChI is InChI=1S/C14H29N3O.2ClH/c1-11-6-5-7-17(9-11)14(3,4)10-16-13(18)12(2)8-15;;/h11-12H,5-10,15H2,1-4H3,(H,16,18);2*1H. The van der Waals surface area contributed by atoms with Crippen LogP contribution in [0.1, 0.15) is 40.5 Å². The number of carbonyl (C=O) groups excluding carboxylic acids is 1. The van der Waals surface area contributed by atoms with E-state index in [0.717, 1.165) is 19.0 Å². The second-order valence-electron chi connectivity index (χ2n) is 6.36. The van der Waals surface area contributed by atoms with Crippen LogP contribution in [0.5, 0.6) is 0 Å². The molecular formula is C14H31Cl2N3O. The van der Waals surface area contributed by atoms with Crippen LogP contribution in [0.3, 0.4) is 0 Å². The van der Waals surface area contributed by atoms with Gasteiger partial charge in [-0.15, -0.1) is 24.8 Å². The highest BCUT2D eigenvalue weighted by molar-refractivity contribution is 5.85. The van der Waals surface area contributed by atoms with E-state index in [9.17, 15) is 4.79 Å². The summed E-state index contributed by atoms with van der Waals surface area (Å²) in [5, 5.41) is 3.03. The first-order valence-corrected chi connectivity index (χ1v) is 7.09. The Labute approximate surface area is 136 Å². The molecule has 0 aromatic carbocycles. The zero-order valence-corrected chi connectivity index (χ0v) is 14.8. The molecule has 3 N–H and O–H groups in total. The first-order chi connectivity index (χ1) is 8.36. The van der Waals surface area contributed by atoms with Gasteiger partial charge in [0.25, 0.3) is 0 Å². The van der Waals surface area contributed by atoms with Crippen molar-refractivity contribution in [2.24, 2.45) is 17.6 Å². The molecule has 0 spiro atoms. The van der Waals surface area contributed by atoms with Gasteiger partial charge >= 0.3 is 0 Å². The quantitative estimate of drug-likeness (QED) is 0.812. The number of nitrogens with one attached hydrogen (secondary N) is 1. The first kappa shape index (κ1) is 22.3. The van der Waals surface area contributed by atoms with Crippen molar-refractivity contribution >= 4 is 30.7 Å². The van der Waals surface area contributed by atoms with E-state index in [-0.39, 0.29) is 42.2 Å². The van der Waals surface area contributed by atoms with Gasteiger partial charge in [-0.1, -0.05) is 13.8 Å². The molecule has 0 aliphatic carbocycles. The maximum Gasteiger partial charge on any atom is 0.224 e. The van der Waals surface area contributed by atoms with Gasteiger partial charge in [0.1, 0.15) is 0 Å². The Morgan fingerprint density at radius 2 is 2.05 bits per heavy atom. The van der Waals surface area contributed by atoms with E-state index in [1.54, 1.807) is 0 Å². The highest BCUT2D eigenvalue weighted by Crippen LogP contribution is 2.23. The zero-order chi connectivity index (χ0) is 13.8. The molecule has 1 amide bonds. The van der Waals surface area contributed by atoms with Gasteiger partial charge in [-0.05, 0) is 39.2 Å². The van der Waals surface area contributed by atoms with Crippen LogP contribution in [0, 0.1) is 11.8 Å². The molecule has 1 fully saturated rings. The van der Waals surface area contributed by atoms with Crippen LogP contribution < -0.4 is 11.1 Å². The molecule has 1 saturated heterocycles. The van der Waals surface area contributed by atoms with Crippen molar-refractivity contribution in [2.75, 3.05) is 26.2 Å². The molecule has 4 nitrogen and oxygen atoms in total. The van der Waals surface area contributed by atoms with Gasteiger partial charge < -0.3 is 11.1 Å². The predicted molar refractivity (Wildman–Crippen MR) is 89.8 cm³/mol. The third-order valence-electron chi connectivity index (χ3n) is 4.01. The molecule has 0 aromatic heterocycles. The van der Waals surface area contributed by atoms with Crippen molar-refractivity contribution in [3.05, 3.63) is 0 Å². The number of likely N-dealkylation sites (tertiary alicyclic amines) is 1. The average Bonchev–Trinajstić information content (AvgIpc) is 2.35. The molecule has 0 saturated carbocycles. The van der Waals surface area contributed by atoms with E-state index in [1.807, 2.05) is 6.92 Å². The lowest BCUT2D eigenvalue weighted by Gasteiger charge is -2.43. The number of halogens is 2. The summed E-state index contributed by atoms with van der Waals surface area (Å²) in [4.78, 5) is 14.3. The number of nitrogens with zero attached hydrogens (tertiary/aromatic N) is 1. The van der Waals surface area contributed by atoms with Crippen molar-refractivity contribution in [3.63, 3.8) is 0 Å². The SMILES string of the molecule is CC1CCCN(C(C)(C)CNC(=O)C(C)CN)C1.Cl.Cl. The maximum absolute atomic E-state index is 11.8. The fraction of sp³-hybridized carbons (Fsp3) is 0.929. The lowest BCUT2D eigenvalue weighted by molar-refractivity contribution is -0.124. The monoisotopic (exact) mass is 327 g/mol. The maximum atomic E-state index is 11.8. The molecule has 1 aliphatic heterocycles. The highest BCUT2D eigenvalue weighted by atomic mass is 35.5. The summed E-state index contributed by atoms with van der Waals surface area (Å²) in [6.45, 7) is 12.0. The largest absolute Gasteiger partial charge is 0.354 e. The minimum atomic E-state index is -0.0962. The van der Waals surface area contributed by atoms with E-state index >= 15 is 0 Å². The van der Waals surface area contributed by atoms with E-state index in [0.29, 0.717) is 13.1 Å². The Morgan fingerprint density at radius 3 is 2.55 bits per heavy atom. The van der Waals surface area contributed by atoms with Gasteiger partial charge in [0.15, 0.2) is 0 Å². The van der Waals surface area contributed by atoms with Crippen molar-refractivity contribution in [2.45, 2.75) is 46.1 Å². The Balaban J connectivity index is 0. The summed E-state index contributed by atoms with van der Waals surface area (Å²) in [5.74, 6) is 0.730. The second kappa shape index (κ2) is 9.82. The number of hydrogen-bond donors (Lipinski definition) is 2. The molecule has 0 aromatic rings. The van der Waals surface area contributed by atoms with E-state index < -0.39 is 0 Å².